The maximum absolute atomic E-state index is 12.8. The lowest BCUT2D eigenvalue weighted by Crippen LogP contribution is -2.15. The second-order valence-electron chi connectivity index (χ2n) is 4.55. The predicted octanol–water partition coefficient (Wildman–Crippen LogP) is 4.28. The van der Waals surface area contributed by atoms with Crippen molar-refractivity contribution >= 4 is 0 Å². The summed E-state index contributed by atoms with van der Waals surface area (Å²) in [6, 6.07) is 6.44. The normalized spacial score (nSPS) is 12.7. The second-order valence-corrected chi connectivity index (χ2v) is 4.55. The Kier molecular flexibility index (Phi) is 3.73. The van der Waals surface area contributed by atoms with Crippen molar-refractivity contribution in [3.8, 4) is 0 Å². The van der Waals surface area contributed by atoms with Gasteiger partial charge in [0.15, 0.2) is 5.69 Å². The van der Waals surface area contributed by atoms with Crippen molar-refractivity contribution < 1.29 is 26.3 Å². The third-order valence-electron chi connectivity index (χ3n) is 2.81. The van der Waals surface area contributed by atoms with E-state index in [1.807, 2.05) is 0 Å². The molecule has 8 heteroatoms. The third-order valence-corrected chi connectivity index (χ3v) is 2.81. The van der Waals surface area contributed by atoms with Crippen LogP contribution < -0.4 is 0 Å². The molecule has 0 radical (unpaired) electrons. The van der Waals surface area contributed by atoms with Gasteiger partial charge in [0.05, 0.1) is 6.54 Å². The molecule has 1 aromatic heterocycles. The molecule has 1 aromatic carbocycles. The van der Waals surface area contributed by atoms with Crippen molar-refractivity contribution in [2.45, 2.75) is 25.8 Å². The number of halogens is 6. The number of nitrogens with zero attached hydrogens (tertiary/aromatic N) is 2. The highest BCUT2D eigenvalue weighted by molar-refractivity contribution is 5.23. The molecule has 0 fully saturated rings. The van der Waals surface area contributed by atoms with Crippen LogP contribution in [0, 0.1) is 6.92 Å². The molecule has 0 atom stereocenters. The van der Waals surface area contributed by atoms with E-state index >= 15 is 0 Å². The zero-order valence-corrected chi connectivity index (χ0v) is 10.8. The van der Waals surface area contributed by atoms with E-state index in [0.717, 1.165) is 5.56 Å². The van der Waals surface area contributed by atoms with E-state index in [9.17, 15) is 26.3 Å². The Hall–Kier alpha value is -1.99. The molecule has 2 nitrogen and oxygen atoms in total. The standard InChI is InChI=1S/C13H10F6N2/c1-8-2-4-9(5-3-8)7-21-11(13(17,18)19)6-10(20-21)12(14,15)16/h2-6H,7H2,1H3. The van der Waals surface area contributed by atoms with Gasteiger partial charge in [0.1, 0.15) is 5.69 Å². The summed E-state index contributed by atoms with van der Waals surface area (Å²) in [5, 5.41) is 3.04. The molecule has 114 valence electrons. The van der Waals surface area contributed by atoms with Crippen LogP contribution in [-0.4, -0.2) is 9.78 Å². The molecule has 2 rings (SSSR count). The van der Waals surface area contributed by atoms with Crippen LogP contribution in [0.4, 0.5) is 26.3 Å². The van der Waals surface area contributed by atoms with Crippen molar-refractivity contribution in [1.29, 1.82) is 0 Å². The molecule has 0 bridgehead atoms. The van der Waals surface area contributed by atoms with E-state index in [0.29, 0.717) is 10.2 Å². The first-order valence-electron chi connectivity index (χ1n) is 5.85. The number of hydrogen-bond acceptors (Lipinski definition) is 1. The van der Waals surface area contributed by atoms with Gasteiger partial charge >= 0.3 is 12.4 Å². The van der Waals surface area contributed by atoms with Gasteiger partial charge in [-0.1, -0.05) is 29.8 Å². The second kappa shape index (κ2) is 5.09. The summed E-state index contributed by atoms with van der Waals surface area (Å²) >= 11 is 0. The van der Waals surface area contributed by atoms with Gasteiger partial charge in [-0.15, -0.1) is 0 Å². The van der Waals surface area contributed by atoms with Crippen LogP contribution in [0.25, 0.3) is 0 Å². The molecule has 0 saturated heterocycles. The van der Waals surface area contributed by atoms with Crippen LogP contribution in [0.2, 0.25) is 0 Å². The van der Waals surface area contributed by atoms with Gasteiger partial charge in [-0.2, -0.15) is 31.4 Å². The number of benzene rings is 1. The van der Waals surface area contributed by atoms with Crippen molar-refractivity contribution in [1.82, 2.24) is 9.78 Å². The summed E-state index contributed by atoms with van der Waals surface area (Å²) in [5.74, 6) is 0. The average Bonchev–Trinajstić information content (AvgIpc) is 2.75. The molecule has 0 unspecified atom stereocenters. The summed E-state index contributed by atoms with van der Waals surface area (Å²) in [6.45, 7) is 1.41. The number of aryl methyl sites for hydroxylation is 1. The first kappa shape index (κ1) is 15.4. The summed E-state index contributed by atoms with van der Waals surface area (Å²) in [7, 11) is 0. The highest BCUT2D eigenvalue weighted by Gasteiger charge is 2.41. The third kappa shape index (κ3) is 3.56. The zero-order valence-electron chi connectivity index (χ0n) is 10.8. The van der Waals surface area contributed by atoms with Gasteiger partial charge in [0.25, 0.3) is 0 Å². The molecular weight excluding hydrogens is 298 g/mol. The molecule has 0 N–H and O–H groups in total. The lowest BCUT2D eigenvalue weighted by Gasteiger charge is -2.10. The lowest BCUT2D eigenvalue weighted by molar-refractivity contribution is -0.144. The largest absolute Gasteiger partial charge is 0.435 e. The minimum absolute atomic E-state index is 0.0220. The number of hydrogen-bond donors (Lipinski definition) is 0. The Morgan fingerprint density at radius 3 is 2.00 bits per heavy atom. The van der Waals surface area contributed by atoms with Crippen LogP contribution in [0.1, 0.15) is 22.5 Å². The molecule has 2 aromatic rings. The molecule has 0 amide bonds. The maximum Gasteiger partial charge on any atom is 0.435 e. The summed E-state index contributed by atoms with van der Waals surface area (Å²) in [6.07, 6.45) is -9.82. The molecule has 1 heterocycles. The monoisotopic (exact) mass is 308 g/mol. The summed E-state index contributed by atoms with van der Waals surface area (Å²) < 4.78 is 76.2. The van der Waals surface area contributed by atoms with Crippen LogP contribution in [-0.2, 0) is 18.9 Å². The quantitative estimate of drug-likeness (QED) is 0.757. The van der Waals surface area contributed by atoms with Gasteiger partial charge in [-0.05, 0) is 12.5 Å². The topological polar surface area (TPSA) is 17.8 Å². The Morgan fingerprint density at radius 1 is 0.952 bits per heavy atom. The Balaban J connectivity index is 2.41. The SMILES string of the molecule is Cc1ccc(Cn2nc(C(F)(F)F)cc2C(F)(F)F)cc1. The van der Waals surface area contributed by atoms with Gasteiger partial charge in [-0.3, -0.25) is 4.68 Å². The highest BCUT2D eigenvalue weighted by Crippen LogP contribution is 2.35. The van der Waals surface area contributed by atoms with E-state index in [4.69, 9.17) is 0 Å². The predicted molar refractivity (Wildman–Crippen MR) is 62.5 cm³/mol. The lowest BCUT2D eigenvalue weighted by atomic mass is 10.1. The molecule has 0 spiro atoms. The smallest absolute Gasteiger partial charge is 0.255 e. The van der Waals surface area contributed by atoms with Gasteiger partial charge in [0.2, 0.25) is 0 Å². The van der Waals surface area contributed by atoms with E-state index in [1.54, 1.807) is 31.2 Å². The van der Waals surface area contributed by atoms with Crippen LogP contribution in [0.15, 0.2) is 30.3 Å². The van der Waals surface area contributed by atoms with Crippen LogP contribution in [0.5, 0.6) is 0 Å². The Labute approximate surface area is 116 Å². The molecule has 0 aliphatic rings. The van der Waals surface area contributed by atoms with Gasteiger partial charge < -0.3 is 0 Å². The van der Waals surface area contributed by atoms with Crippen LogP contribution in [0.3, 0.4) is 0 Å². The van der Waals surface area contributed by atoms with E-state index < -0.39 is 23.7 Å². The van der Waals surface area contributed by atoms with Crippen molar-refractivity contribution in [3.05, 3.63) is 52.8 Å². The fourth-order valence-electron chi connectivity index (χ4n) is 1.77. The molecule has 0 saturated carbocycles. The average molecular weight is 308 g/mol. The minimum atomic E-state index is -4.92. The Bertz CT molecular complexity index is 622. The first-order chi connectivity index (χ1) is 9.57. The van der Waals surface area contributed by atoms with Gasteiger partial charge in [-0.25, -0.2) is 0 Å². The maximum atomic E-state index is 12.8. The van der Waals surface area contributed by atoms with Crippen LogP contribution >= 0.6 is 0 Å². The fraction of sp³-hybridized carbons (Fsp3) is 0.308. The van der Waals surface area contributed by atoms with Crippen molar-refractivity contribution in [3.63, 3.8) is 0 Å². The summed E-state index contributed by atoms with van der Waals surface area (Å²) in [4.78, 5) is 0. The van der Waals surface area contributed by atoms with Crippen molar-refractivity contribution in [2.75, 3.05) is 0 Å². The molecule has 0 aliphatic carbocycles. The number of rotatable bonds is 2. The zero-order chi connectivity index (χ0) is 15.8. The van der Waals surface area contributed by atoms with Gasteiger partial charge in [0, 0.05) is 6.07 Å². The van der Waals surface area contributed by atoms with E-state index in [-0.39, 0.29) is 12.6 Å². The van der Waals surface area contributed by atoms with Crippen molar-refractivity contribution in [2.24, 2.45) is 0 Å². The minimum Gasteiger partial charge on any atom is -0.255 e. The summed E-state index contributed by atoms with van der Waals surface area (Å²) in [5.41, 5.74) is -1.65. The van der Waals surface area contributed by atoms with E-state index in [1.165, 1.54) is 0 Å². The number of aromatic nitrogens is 2. The highest BCUT2D eigenvalue weighted by atomic mass is 19.4. The number of alkyl halides is 6. The first-order valence-corrected chi connectivity index (χ1v) is 5.85. The van der Waals surface area contributed by atoms with E-state index in [2.05, 4.69) is 5.10 Å². The molecular formula is C13H10F6N2. The fourth-order valence-corrected chi connectivity index (χ4v) is 1.77. The molecule has 0 aliphatic heterocycles. The Morgan fingerprint density at radius 2 is 1.52 bits per heavy atom. The molecule has 21 heavy (non-hydrogen) atoms.